The first kappa shape index (κ1) is 16.6. The monoisotopic (exact) mass is 387 g/mol. The van der Waals surface area contributed by atoms with Crippen LogP contribution >= 0.6 is 35.3 Å². The fourth-order valence-electron chi connectivity index (χ4n) is 3.33. The van der Waals surface area contributed by atoms with Crippen molar-refractivity contribution in [1.29, 1.82) is 0 Å². The Balaban J connectivity index is 0.00000157. The van der Waals surface area contributed by atoms with Crippen molar-refractivity contribution < 1.29 is 0 Å². The molecule has 4 aromatic rings. The Bertz CT molecular complexity index is 1020. The van der Waals surface area contributed by atoms with Crippen molar-refractivity contribution in [1.82, 2.24) is 14.9 Å². The van der Waals surface area contributed by atoms with Crippen LogP contribution in [0, 0.1) is 0 Å². The molecule has 25 heavy (non-hydrogen) atoms. The average molecular weight is 388 g/mol. The van der Waals surface area contributed by atoms with Crippen LogP contribution in [0.4, 0.5) is 0 Å². The van der Waals surface area contributed by atoms with E-state index in [9.17, 15) is 0 Å². The molecule has 1 aliphatic heterocycles. The Hall–Kier alpha value is -1.85. The smallest absolute Gasteiger partial charge is 0.117 e. The maximum absolute atomic E-state index is 6.44. The molecule has 126 valence electrons. The van der Waals surface area contributed by atoms with Gasteiger partial charge in [0.25, 0.3) is 0 Å². The molecule has 2 aromatic carbocycles. The van der Waals surface area contributed by atoms with E-state index in [1.165, 1.54) is 10.4 Å². The molecule has 3 nitrogen and oxygen atoms in total. The zero-order valence-electron chi connectivity index (χ0n) is 13.1. The normalized spacial score (nSPS) is 16.0. The highest BCUT2D eigenvalue weighted by atomic mass is 35.5. The zero-order valence-corrected chi connectivity index (χ0v) is 15.5. The van der Waals surface area contributed by atoms with Gasteiger partial charge < -0.3 is 4.57 Å². The van der Waals surface area contributed by atoms with Crippen LogP contribution in [0.5, 0.6) is 0 Å². The summed E-state index contributed by atoms with van der Waals surface area (Å²) in [5, 5.41) is 5.52. The molecule has 6 heteroatoms. The lowest BCUT2D eigenvalue weighted by molar-refractivity contribution is 0.599. The molecule has 0 spiro atoms. The molecule has 0 radical (unpaired) electrons. The van der Waals surface area contributed by atoms with Crippen LogP contribution in [0.25, 0.3) is 15.9 Å². The standard InChI is InChI=1S/C19H14ClN3S.ClH/c20-13-5-3-7-15-12(13)11-21-18(16-8-4-10-23(15)16)19-22-14-6-1-2-9-17(14)24-19;/h1-10,18,21H,11H2;1H. The number of fused-ring (bicyclic) bond motifs is 4. The molecule has 1 atom stereocenters. The lowest BCUT2D eigenvalue weighted by Crippen LogP contribution is -2.21. The Morgan fingerprint density at radius 2 is 1.96 bits per heavy atom. The van der Waals surface area contributed by atoms with E-state index < -0.39 is 0 Å². The number of hydrogen-bond acceptors (Lipinski definition) is 3. The summed E-state index contributed by atoms with van der Waals surface area (Å²) in [4.78, 5) is 4.85. The first-order valence-corrected chi connectivity index (χ1v) is 9.04. The number of aromatic nitrogens is 2. The van der Waals surface area contributed by atoms with Crippen molar-refractivity contribution >= 4 is 45.6 Å². The summed E-state index contributed by atoms with van der Waals surface area (Å²) < 4.78 is 3.44. The summed E-state index contributed by atoms with van der Waals surface area (Å²) in [5.74, 6) is 0. The number of benzene rings is 2. The molecule has 0 saturated carbocycles. The van der Waals surface area contributed by atoms with Gasteiger partial charge in [0.2, 0.25) is 0 Å². The molecular weight excluding hydrogens is 373 g/mol. The number of rotatable bonds is 1. The summed E-state index contributed by atoms with van der Waals surface area (Å²) in [7, 11) is 0. The Morgan fingerprint density at radius 1 is 1.08 bits per heavy atom. The van der Waals surface area contributed by atoms with Gasteiger partial charge in [-0.25, -0.2) is 4.98 Å². The minimum Gasteiger partial charge on any atom is -0.318 e. The van der Waals surface area contributed by atoms with Gasteiger partial charge in [-0.1, -0.05) is 29.8 Å². The second-order valence-corrected chi connectivity index (χ2v) is 7.34. The van der Waals surface area contributed by atoms with Crippen LogP contribution in [0.2, 0.25) is 5.02 Å². The number of nitrogens with zero attached hydrogens (tertiary/aromatic N) is 2. The van der Waals surface area contributed by atoms with E-state index in [4.69, 9.17) is 16.6 Å². The fourth-order valence-corrected chi connectivity index (χ4v) is 4.63. The van der Waals surface area contributed by atoms with Crippen LogP contribution in [0.1, 0.15) is 22.3 Å². The first-order valence-electron chi connectivity index (χ1n) is 7.85. The van der Waals surface area contributed by atoms with Gasteiger partial charge in [-0.3, -0.25) is 5.32 Å². The summed E-state index contributed by atoms with van der Waals surface area (Å²) in [5.41, 5.74) is 4.51. The molecule has 1 aliphatic rings. The van der Waals surface area contributed by atoms with Crippen molar-refractivity contribution in [2.75, 3.05) is 0 Å². The lowest BCUT2D eigenvalue weighted by Gasteiger charge is -2.14. The molecule has 5 rings (SSSR count). The van der Waals surface area contributed by atoms with Crippen molar-refractivity contribution in [3.05, 3.63) is 82.1 Å². The van der Waals surface area contributed by atoms with E-state index in [2.05, 4.69) is 52.5 Å². The van der Waals surface area contributed by atoms with E-state index in [1.807, 2.05) is 18.2 Å². The predicted octanol–water partition coefficient (Wildman–Crippen LogP) is 5.35. The van der Waals surface area contributed by atoms with Crippen molar-refractivity contribution in [3.63, 3.8) is 0 Å². The van der Waals surface area contributed by atoms with Crippen molar-refractivity contribution in [2.45, 2.75) is 12.6 Å². The molecule has 0 saturated heterocycles. The van der Waals surface area contributed by atoms with Gasteiger partial charge in [0.1, 0.15) is 11.0 Å². The third kappa shape index (κ3) is 2.66. The summed E-state index contributed by atoms with van der Waals surface area (Å²) in [6.07, 6.45) is 2.10. The highest BCUT2D eigenvalue weighted by Gasteiger charge is 2.26. The number of halogens is 2. The molecule has 2 aromatic heterocycles. The van der Waals surface area contributed by atoms with Gasteiger partial charge in [-0.2, -0.15) is 0 Å². The average Bonchev–Trinajstić information content (AvgIpc) is 3.20. The molecule has 1 unspecified atom stereocenters. The van der Waals surface area contributed by atoms with E-state index in [-0.39, 0.29) is 18.4 Å². The third-order valence-electron chi connectivity index (χ3n) is 4.47. The molecule has 0 bridgehead atoms. The highest BCUT2D eigenvalue weighted by Crippen LogP contribution is 2.35. The largest absolute Gasteiger partial charge is 0.318 e. The molecule has 0 fully saturated rings. The van der Waals surface area contributed by atoms with E-state index >= 15 is 0 Å². The topological polar surface area (TPSA) is 29.9 Å². The van der Waals surface area contributed by atoms with Gasteiger partial charge in [-0.15, -0.1) is 23.7 Å². The second-order valence-electron chi connectivity index (χ2n) is 5.87. The van der Waals surface area contributed by atoms with Crippen LogP contribution in [-0.2, 0) is 6.54 Å². The van der Waals surface area contributed by atoms with Crippen molar-refractivity contribution in [3.8, 4) is 5.69 Å². The van der Waals surface area contributed by atoms with Gasteiger partial charge in [0.05, 0.1) is 15.9 Å². The Morgan fingerprint density at radius 3 is 2.84 bits per heavy atom. The van der Waals surface area contributed by atoms with Gasteiger partial charge in [0.15, 0.2) is 0 Å². The number of para-hydroxylation sites is 1. The number of hydrogen-bond donors (Lipinski definition) is 1. The van der Waals surface area contributed by atoms with E-state index in [0.29, 0.717) is 0 Å². The molecule has 1 N–H and O–H groups in total. The van der Waals surface area contributed by atoms with Crippen LogP contribution < -0.4 is 5.32 Å². The quantitative estimate of drug-likeness (QED) is 0.476. The third-order valence-corrected chi connectivity index (χ3v) is 5.93. The lowest BCUT2D eigenvalue weighted by atomic mass is 10.1. The summed E-state index contributed by atoms with van der Waals surface area (Å²) >= 11 is 8.18. The van der Waals surface area contributed by atoms with Gasteiger partial charge in [-0.05, 0) is 36.4 Å². The van der Waals surface area contributed by atoms with Gasteiger partial charge >= 0.3 is 0 Å². The summed E-state index contributed by atoms with van der Waals surface area (Å²) in [6.45, 7) is 0.720. The van der Waals surface area contributed by atoms with E-state index in [0.717, 1.165) is 33.3 Å². The maximum atomic E-state index is 6.44. The maximum Gasteiger partial charge on any atom is 0.117 e. The van der Waals surface area contributed by atoms with E-state index in [1.54, 1.807) is 11.3 Å². The number of thiazole rings is 1. The second kappa shape index (κ2) is 6.46. The molecular formula is C19H15Cl2N3S. The Kier molecular flexibility index (Phi) is 4.29. The minimum absolute atomic E-state index is 0. The number of nitrogens with one attached hydrogen (secondary N) is 1. The predicted molar refractivity (Wildman–Crippen MR) is 106 cm³/mol. The van der Waals surface area contributed by atoms with Crippen molar-refractivity contribution in [2.24, 2.45) is 0 Å². The Labute approximate surface area is 160 Å². The highest BCUT2D eigenvalue weighted by molar-refractivity contribution is 7.18. The minimum atomic E-state index is 0. The van der Waals surface area contributed by atoms with Crippen LogP contribution in [0.3, 0.4) is 0 Å². The molecule has 0 amide bonds. The fraction of sp³-hybridized carbons (Fsp3) is 0.105. The molecule has 0 aliphatic carbocycles. The SMILES string of the molecule is Cl.Clc1cccc2c1CNC(c1nc3ccccc3s1)c1cccn1-2. The first-order chi connectivity index (χ1) is 11.8. The van der Waals surface area contributed by atoms with Crippen LogP contribution in [-0.4, -0.2) is 9.55 Å². The van der Waals surface area contributed by atoms with Gasteiger partial charge in [0, 0.05) is 29.0 Å². The molecule has 3 heterocycles. The zero-order chi connectivity index (χ0) is 16.1. The van der Waals surface area contributed by atoms with Crippen LogP contribution in [0.15, 0.2) is 60.8 Å². The summed E-state index contributed by atoms with van der Waals surface area (Å²) in [6, 6.07) is 18.6.